The van der Waals surface area contributed by atoms with Crippen molar-refractivity contribution < 1.29 is 23.5 Å². The highest BCUT2D eigenvalue weighted by Gasteiger charge is 2.16. The molecular formula is C22H23NO5. The topological polar surface area (TPSA) is 77.8 Å². The van der Waals surface area contributed by atoms with Crippen molar-refractivity contribution in [3.05, 3.63) is 65.4 Å². The maximum atomic E-state index is 12.0. The number of nitrogens with one attached hydrogen (secondary N) is 1. The molecule has 6 nitrogen and oxygen atoms in total. The Morgan fingerprint density at radius 3 is 2.61 bits per heavy atom. The molecule has 0 saturated carbocycles. The van der Waals surface area contributed by atoms with Gasteiger partial charge in [0.1, 0.15) is 17.1 Å². The minimum absolute atomic E-state index is 0.254. The Morgan fingerprint density at radius 2 is 1.86 bits per heavy atom. The van der Waals surface area contributed by atoms with Crippen LogP contribution in [-0.4, -0.2) is 25.1 Å². The van der Waals surface area contributed by atoms with Gasteiger partial charge in [-0.2, -0.15) is 0 Å². The summed E-state index contributed by atoms with van der Waals surface area (Å²) >= 11 is 0. The predicted octanol–water partition coefficient (Wildman–Crippen LogP) is 3.85. The van der Waals surface area contributed by atoms with E-state index in [0.717, 1.165) is 22.1 Å². The van der Waals surface area contributed by atoms with Crippen molar-refractivity contribution in [1.82, 2.24) is 5.32 Å². The zero-order valence-corrected chi connectivity index (χ0v) is 16.2. The lowest BCUT2D eigenvalue weighted by atomic mass is 10.1. The van der Waals surface area contributed by atoms with Crippen LogP contribution < -0.4 is 10.1 Å². The smallest absolute Gasteiger partial charge is 0.344 e. The highest BCUT2D eigenvalue weighted by Crippen LogP contribution is 2.23. The molecule has 1 atom stereocenters. The van der Waals surface area contributed by atoms with E-state index in [-0.39, 0.29) is 19.3 Å². The van der Waals surface area contributed by atoms with E-state index in [1.54, 1.807) is 13.0 Å². The summed E-state index contributed by atoms with van der Waals surface area (Å²) in [5, 5.41) is 3.72. The lowest BCUT2D eigenvalue weighted by Gasteiger charge is -2.12. The van der Waals surface area contributed by atoms with Crippen molar-refractivity contribution in [2.75, 3.05) is 13.2 Å². The molecule has 0 aliphatic heterocycles. The number of carbonyl (C=O) groups excluding carboxylic acids is 2. The molecule has 0 fully saturated rings. The highest BCUT2D eigenvalue weighted by atomic mass is 16.6. The molecule has 1 heterocycles. The number of furan rings is 1. The first-order chi connectivity index (χ1) is 13.4. The molecule has 146 valence electrons. The number of rotatable bonds is 7. The number of fused-ring (bicyclic) bond motifs is 1. The normalized spacial score (nSPS) is 11.8. The number of hydrogen-bond acceptors (Lipinski definition) is 5. The SMILES string of the molecule is Cc1ccc(OCC(=O)OCC(=O)N[C@@H](C)c2cc3ccccc3o2)c(C)c1. The fraction of sp³-hybridized carbons (Fsp3) is 0.273. The van der Waals surface area contributed by atoms with Crippen LogP contribution in [0.4, 0.5) is 0 Å². The van der Waals surface area contributed by atoms with Crippen molar-refractivity contribution in [3.8, 4) is 5.75 Å². The largest absolute Gasteiger partial charge is 0.482 e. The van der Waals surface area contributed by atoms with E-state index in [2.05, 4.69) is 5.32 Å². The van der Waals surface area contributed by atoms with E-state index in [1.807, 2.05) is 56.3 Å². The van der Waals surface area contributed by atoms with Crippen LogP contribution in [0.15, 0.2) is 52.9 Å². The maximum absolute atomic E-state index is 12.0. The van der Waals surface area contributed by atoms with Crippen molar-refractivity contribution in [3.63, 3.8) is 0 Å². The van der Waals surface area contributed by atoms with Gasteiger partial charge >= 0.3 is 5.97 Å². The standard InChI is InChI=1S/C22H23NO5/c1-14-8-9-18(15(2)10-14)26-13-22(25)27-12-21(24)23-16(3)20-11-17-6-4-5-7-19(17)28-20/h4-11,16H,12-13H2,1-3H3,(H,23,24)/t16-/m0/s1. The van der Waals surface area contributed by atoms with Gasteiger partial charge in [-0.25, -0.2) is 4.79 Å². The molecule has 0 radical (unpaired) electrons. The average Bonchev–Trinajstić information content (AvgIpc) is 3.10. The van der Waals surface area contributed by atoms with Crippen molar-refractivity contribution in [2.24, 2.45) is 0 Å². The molecule has 0 saturated heterocycles. The van der Waals surface area contributed by atoms with E-state index >= 15 is 0 Å². The van der Waals surface area contributed by atoms with E-state index in [1.165, 1.54) is 0 Å². The van der Waals surface area contributed by atoms with Gasteiger partial charge in [0.05, 0.1) is 6.04 Å². The van der Waals surface area contributed by atoms with Crippen molar-refractivity contribution >= 4 is 22.8 Å². The van der Waals surface area contributed by atoms with Gasteiger partial charge in [-0.15, -0.1) is 0 Å². The molecule has 1 aromatic heterocycles. The Labute approximate surface area is 163 Å². The molecule has 0 spiro atoms. The molecule has 28 heavy (non-hydrogen) atoms. The second-order valence-electron chi connectivity index (χ2n) is 6.69. The summed E-state index contributed by atoms with van der Waals surface area (Å²) < 4.78 is 16.1. The monoisotopic (exact) mass is 381 g/mol. The Hall–Kier alpha value is -3.28. The van der Waals surface area contributed by atoms with Gasteiger partial charge < -0.3 is 19.2 Å². The fourth-order valence-electron chi connectivity index (χ4n) is 2.86. The van der Waals surface area contributed by atoms with Gasteiger partial charge in [-0.05, 0) is 44.5 Å². The summed E-state index contributed by atoms with van der Waals surface area (Å²) in [6, 6.07) is 14.8. The number of aryl methyl sites for hydroxylation is 2. The Morgan fingerprint density at radius 1 is 1.07 bits per heavy atom. The molecule has 3 aromatic rings. The van der Waals surface area contributed by atoms with Gasteiger partial charge in [0.25, 0.3) is 5.91 Å². The third-order valence-corrected chi connectivity index (χ3v) is 4.29. The lowest BCUT2D eigenvalue weighted by Crippen LogP contribution is -2.31. The minimum Gasteiger partial charge on any atom is -0.482 e. The zero-order valence-electron chi connectivity index (χ0n) is 16.2. The summed E-state index contributed by atoms with van der Waals surface area (Å²) in [6.07, 6.45) is 0. The van der Waals surface area contributed by atoms with Crippen molar-refractivity contribution in [1.29, 1.82) is 0 Å². The molecule has 6 heteroatoms. The van der Waals surface area contributed by atoms with Crippen LogP contribution in [0.25, 0.3) is 11.0 Å². The van der Waals surface area contributed by atoms with Crippen LogP contribution in [0.3, 0.4) is 0 Å². The number of hydrogen-bond donors (Lipinski definition) is 1. The van der Waals surface area contributed by atoms with Crippen LogP contribution in [0.5, 0.6) is 5.75 Å². The quantitative estimate of drug-likeness (QED) is 0.629. The Bertz CT molecular complexity index is 959. The van der Waals surface area contributed by atoms with Crippen LogP contribution in [0.1, 0.15) is 29.9 Å². The maximum Gasteiger partial charge on any atom is 0.344 e. The van der Waals surface area contributed by atoms with Gasteiger partial charge in [0.15, 0.2) is 13.2 Å². The van der Waals surface area contributed by atoms with Gasteiger partial charge in [0, 0.05) is 5.39 Å². The highest BCUT2D eigenvalue weighted by molar-refractivity contribution is 5.82. The molecule has 0 bridgehead atoms. The van der Waals surface area contributed by atoms with Crippen molar-refractivity contribution in [2.45, 2.75) is 26.8 Å². The molecule has 1 amide bonds. The number of esters is 1. The first-order valence-electron chi connectivity index (χ1n) is 9.06. The molecule has 0 aliphatic carbocycles. The summed E-state index contributed by atoms with van der Waals surface area (Å²) in [6.45, 7) is 5.06. The molecule has 3 rings (SSSR count). The molecule has 2 aromatic carbocycles. The molecular weight excluding hydrogens is 358 g/mol. The first-order valence-corrected chi connectivity index (χ1v) is 9.06. The Kier molecular flexibility index (Phi) is 5.99. The number of ether oxygens (including phenoxy) is 2. The Balaban J connectivity index is 1.44. The van der Waals surface area contributed by atoms with Gasteiger partial charge in [-0.1, -0.05) is 35.9 Å². The first kappa shape index (κ1) is 19.5. The average molecular weight is 381 g/mol. The predicted molar refractivity (Wildman–Crippen MR) is 105 cm³/mol. The summed E-state index contributed by atoms with van der Waals surface area (Å²) in [7, 11) is 0. The number of amides is 1. The number of para-hydroxylation sites is 1. The summed E-state index contributed by atoms with van der Waals surface area (Å²) in [4.78, 5) is 23.9. The number of benzene rings is 2. The zero-order chi connectivity index (χ0) is 20.1. The summed E-state index contributed by atoms with van der Waals surface area (Å²) in [5.74, 6) is 0.240. The second-order valence-corrected chi connectivity index (χ2v) is 6.69. The number of carbonyl (C=O) groups is 2. The van der Waals surface area contributed by atoms with E-state index < -0.39 is 11.9 Å². The van der Waals surface area contributed by atoms with Gasteiger partial charge in [0.2, 0.25) is 0 Å². The minimum atomic E-state index is -0.605. The lowest BCUT2D eigenvalue weighted by molar-refractivity contribution is -0.150. The third-order valence-electron chi connectivity index (χ3n) is 4.29. The fourth-order valence-corrected chi connectivity index (χ4v) is 2.86. The second kappa shape index (κ2) is 8.61. The summed E-state index contributed by atoms with van der Waals surface area (Å²) in [5.41, 5.74) is 2.81. The molecule has 0 unspecified atom stereocenters. The van der Waals surface area contributed by atoms with E-state index in [0.29, 0.717) is 11.5 Å². The molecule has 1 N–H and O–H groups in total. The van der Waals surface area contributed by atoms with Gasteiger partial charge in [-0.3, -0.25) is 4.79 Å². The van der Waals surface area contributed by atoms with Crippen LogP contribution in [0.2, 0.25) is 0 Å². The molecule has 0 aliphatic rings. The van der Waals surface area contributed by atoms with Crippen LogP contribution in [0, 0.1) is 13.8 Å². The van der Waals surface area contributed by atoms with Crippen LogP contribution >= 0.6 is 0 Å². The van der Waals surface area contributed by atoms with E-state index in [4.69, 9.17) is 13.9 Å². The van der Waals surface area contributed by atoms with Crippen LogP contribution in [-0.2, 0) is 14.3 Å². The third kappa shape index (κ3) is 4.91. The van der Waals surface area contributed by atoms with E-state index in [9.17, 15) is 9.59 Å².